The molecule has 1 saturated heterocycles. The largest absolute Gasteiger partial charge is 0.463 e. The molecule has 1 amide bonds. The van der Waals surface area contributed by atoms with Gasteiger partial charge in [-0.25, -0.2) is 4.79 Å². The minimum Gasteiger partial charge on any atom is -0.463 e. The van der Waals surface area contributed by atoms with Crippen LogP contribution in [0.4, 0.5) is 0 Å². The zero-order valence-corrected chi connectivity index (χ0v) is 10.8. The molecule has 1 aliphatic rings. The fraction of sp³-hybridized carbons (Fsp3) is 0.667. The number of ether oxygens (including phenoxy) is 1. The molecular weight excluding hydrogens is 238 g/mol. The molecule has 0 aromatic heterocycles. The maximum absolute atomic E-state index is 11.8. The van der Waals surface area contributed by atoms with Crippen molar-refractivity contribution in [1.29, 1.82) is 0 Å². The van der Waals surface area contributed by atoms with Crippen LogP contribution in [0.25, 0.3) is 0 Å². The highest BCUT2D eigenvalue weighted by Gasteiger charge is 2.35. The molecule has 1 rings (SSSR count). The Bertz CT molecular complexity index is 324. The predicted molar refractivity (Wildman–Crippen MR) is 67.3 cm³/mol. The molecule has 0 aliphatic carbocycles. The average Bonchev–Trinajstić information content (AvgIpc) is 2.78. The number of esters is 1. The van der Waals surface area contributed by atoms with Gasteiger partial charge in [-0.1, -0.05) is 6.92 Å². The molecule has 1 heterocycles. The van der Waals surface area contributed by atoms with Crippen molar-refractivity contribution in [1.82, 2.24) is 4.90 Å². The summed E-state index contributed by atoms with van der Waals surface area (Å²) in [5.74, 6) is 3.28. The number of rotatable bonds is 5. The van der Waals surface area contributed by atoms with Gasteiger partial charge in [-0.3, -0.25) is 4.79 Å². The third-order valence-electron chi connectivity index (χ3n) is 2.43. The summed E-state index contributed by atoms with van der Waals surface area (Å²) in [4.78, 5) is 25.1. The Balaban J connectivity index is 2.48. The van der Waals surface area contributed by atoms with Gasteiger partial charge < -0.3 is 9.64 Å². The topological polar surface area (TPSA) is 46.6 Å². The lowest BCUT2D eigenvalue weighted by Gasteiger charge is -2.22. The number of hydrogen-bond donors (Lipinski definition) is 0. The Morgan fingerprint density at radius 1 is 1.59 bits per heavy atom. The first-order valence-corrected chi connectivity index (χ1v) is 6.83. The lowest BCUT2D eigenvalue weighted by molar-refractivity contribution is -0.152. The van der Waals surface area contributed by atoms with E-state index in [2.05, 4.69) is 5.92 Å². The fourth-order valence-electron chi connectivity index (χ4n) is 1.55. The van der Waals surface area contributed by atoms with Gasteiger partial charge in [0.1, 0.15) is 12.6 Å². The first-order chi connectivity index (χ1) is 8.20. The normalized spacial score (nSPS) is 18.8. The number of thioether (sulfide) groups is 1. The van der Waals surface area contributed by atoms with E-state index >= 15 is 0 Å². The Kier molecular flexibility index (Phi) is 5.92. The average molecular weight is 255 g/mol. The Morgan fingerprint density at radius 3 is 3.00 bits per heavy atom. The Morgan fingerprint density at radius 2 is 2.35 bits per heavy atom. The molecule has 0 unspecified atom stereocenters. The second-order valence-electron chi connectivity index (χ2n) is 3.75. The lowest BCUT2D eigenvalue weighted by Crippen LogP contribution is -2.42. The molecule has 0 aromatic rings. The second-order valence-corrected chi connectivity index (χ2v) is 4.75. The molecule has 0 spiro atoms. The third-order valence-corrected chi connectivity index (χ3v) is 3.44. The van der Waals surface area contributed by atoms with Crippen molar-refractivity contribution in [2.75, 3.05) is 18.2 Å². The van der Waals surface area contributed by atoms with Crippen LogP contribution in [0.3, 0.4) is 0 Å². The highest BCUT2D eigenvalue weighted by molar-refractivity contribution is 7.99. The van der Waals surface area contributed by atoms with E-state index in [1.807, 2.05) is 6.92 Å². The van der Waals surface area contributed by atoms with Crippen LogP contribution >= 0.6 is 11.8 Å². The van der Waals surface area contributed by atoms with Crippen molar-refractivity contribution in [3.63, 3.8) is 0 Å². The summed E-state index contributed by atoms with van der Waals surface area (Å²) in [6.07, 6.45) is 6.76. The molecule has 0 N–H and O–H groups in total. The van der Waals surface area contributed by atoms with Gasteiger partial charge in [-0.15, -0.1) is 24.1 Å². The van der Waals surface area contributed by atoms with Crippen LogP contribution in [0.1, 0.15) is 26.2 Å². The second kappa shape index (κ2) is 7.23. The zero-order valence-electron chi connectivity index (χ0n) is 9.98. The van der Waals surface area contributed by atoms with Crippen LogP contribution in [0.15, 0.2) is 0 Å². The maximum atomic E-state index is 11.8. The number of terminal acetylenes is 1. The van der Waals surface area contributed by atoms with Crippen molar-refractivity contribution < 1.29 is 14.3 Å². The number of carbonyl (C=O) groups excluding carboxylic acids is 2. The highest BCUT2D eigenvalue weighted by atomic mass is 32.2. The predicted octanol–water partition coefficient (Wildman–Crippen LogP) is 1.25. The first-order valence-electron chi connectivity index (χ1n) is 5.68. The molecule has 1 fully saturated rings. The summed E-state index contributed by atoms with van der Waals surface area (Å²) >= 11 is 1.58. The molecule has 4 nitrogen and oxygen atoms in total. The van der Waals surface area contributed by atoms with Crippen molar-refractivity contribution >= 4 is 23.6 Å². The Labute approximate surface area is 106 Å². The van der Waals surface area contributed by atoms with E-state index < -0.39 is 6.04 Å². The molecule has 0 radical (unpaired) electrons. The van der Waals surface area contributed by atoms with Crippen LogP contribution in [-0.2, 0) is 14.3 Å². The SMILES string of the molecule is C#CCCOC(=O)[C@H]1CSCN1C(=O)CCC. The summed E-state index contributed by atoms with van der Waals surface area (Å²) in [6, 6.07) is -0.433. The summed E-state index contributed by atoms with van der Waals surface area (Å²) < 4.78 is 5.04. The van der Waals surface area contributed by atoms with Gasteiger partial charge in [0.2, 0.25) is 5.91 Å². The molecule has 1 aliphatic heterocycles. The van der Waals surface area contributed by atoms with E-state index in [9.17, 15) is 9.59 Å². The summed E-state index contributed by atoms with van der Waals surface area (Å²) in [5, 5.41) is 0. The van der Waals surface area contributed by atoms with E-state index in [0.717, 1.165) is 6.42 Å². The molecule has 94 valence electrons. The molecule has 0 aromatic carbocycles. The zero-order chi connectivity index (χ0) is 12.7. The van der Waals surface area contributed by atoms with E-state index in [0.29, 0.717) is 24.5 Å². The molecule has 1 atom stereocenters. The van der Waals surface area contributed by atoms with Gasteiger partial charge in [0.25, 0.3) is 0 Å². The van der Waals surface area contributed by atoms with Crippen molar-refractivity contribution in [2.45, 2.75) is 32.2 Å². The third kappa shape index (κ3) is 3.97. The van der Waals surface area contributed by atoms with Gasteiger partial charge in [-0.2, -0.15) is 0 Å². The minimum atomic E-state index is -0.433. The van der Waals surface area contributed by atoms with Crippen LogP contribution < -0.4 is 0 Å². The number of hydrogen-bond acceptors (Lipinski definition) is 4. The van der Waals surface area contributed by atoms with Gasteiger partial charge in [0, 0.05) is 18.6 Å². The van der Waals surface area contributed by atoms with Crippen LogP contribution in [0.5, 0.6) is 0 Å². The minimum absolute atomic E-state index is 0.0244. The maximum Gasteiger partial charge on any atom is 0.329 e. The van der Waals surface area contributed by atoms with Gasteiger partial charge in [-0.05, 0) is 6.42 Å². The van der Waals surface area contributed by atoms with Crippen LogP contribution in [0.2, 0.25) is 0 Å². The van der Waals surface area contributed by atoms with Gasteiger partial charge in [0.15, 0.2) is 0 Å². The van der Waals surface area contributed by atoms with Gasteiger partial charge in [0.05, 0.1) is 5.88 Å². The van der Waals surface area contributed by atoms with Crippen LogP contribution in [0, 0.1) is 12.3 Å². The number of nitrogens with zero attached hydrogens (tertiary/aromatic N) is 1. The number of carbonyl (C=O) groups is 2. The van der Waals surface area contributed by atoms with Crippen molar-refractivity contribution in [3.8, 4) is 12.3 Å². The standard InChI is InChI=1S/C12H17NO3S/c1-3-5-7-16-12(15)10-8-17-9-13(10)11(14)6-4-2/h1,10H,4-9H2,2H3/t10-/m1/s1. The van der Waals surface area contributed by atoms with E-state index in [-0.39, 0.29) is 18.5 Å². The molecule has 0 bridgehead atoms. The fourth-order valence-corrected chi connectivity index (χ4v) is 2.71. The quantitative estimate of drug-likeness (QED) is 0.421. The summed E-state index contributed by atoms with van der Waals surface area (Å²) in [7, 11) is 0. The first kappa shape index (κ1) is 13.9. The molecular formula is C12H17NO3S. The summed E-state index contributed by atoms with van der Waals surface area (Å²) in [5.41, 5.74) is 0. The van der Waals surface area contributed by atoms with Crippen molar-refractivity contribution in [2.24, 2.45) is 0 Å². The van der Waals surface area contributed by atoms with Gasteiger partial charge >= 0.3 is 5.97 Å². The monoisotopic (exact) mass is 255 g/mol. The Hall–Kier alpha value is -1.15. The summed E-state index contributed by atoms with van der Waals surface area (Å²) in [6.45, 7) is 2.17. The lowest BCUT2D eigenvalue weighted by atomic mass is 10.2. The molecule has 17 heavy (non-hydrogen) atoms. The van der Waals surface area contributed by atoms with Crippen LogP contribution in [-0.4, -0.2) is 41.1 Å². The van der Waals surface area contributed by atoms with E-state index in [4.69, 9.17) is 11.2 Å². The smallest absolute Gasteiger partial charge is 0.329 e. The van der Waals surface area contributed by atoms with E-state index in [1.54, 1.807) is 16.7 Å². The van der Waals surface area contributed by atoms with E-state index in [1.165, 1.54) is 0 Å². The highest BCUT2D eigenvalue weighted by Crippen LogP contribution is 2.23. The van der Waals surface area contributed by atoms with Crippen molar-refractivity contribution in [3.05, 3.63) is 0 Å². The molecule has 0 saturated carbocycles. The number of amides is 1. The molecule has 5 heteroatoms.